The SMILES string of the molecule is CCOC(=O)C1=C(C)NC(SCc2cc(OC)ccc2OC)=N[C@@H]1c1ccccc1OCC. The number of benzene rings is 2. The number of hydrogen-bond acceptors (Lipinski definition) is 8. The zero-order chi connectivity index (χ0) is 23.8. The zero-order valence-electron chi connectivity index (χ0n) is 19.6. The van der Waals surface area contributed by atoms with E-state index < -0.39 is 6.04 Å². The summed E-state index contributed by atoms with van der Waals surface area (Å²) in [7, 11) is 3.28. The number of allylic oxidation sites excluding steroid dienone is 1. The molecule has 2 aromatic rings. The molecule has 33 heavy (non-hydrogen) atoms. The third-order valence-corrected chi connectivity index (χ3v) is 6.02. The summed E-state index contributed by atoms with van der Waals surface area (Å²) in [4.78, 5) is 17.7. The fraction of sp³-hybridized carbons (Fsp3) is 0.360. The largest absolute Gasteiger partial charge is 0.497 e. The first-order chi connectivity index (χ1) is 16.0. The molecular weight excluding hydrogens is 440 g/mol. The fourth-order valence-corrected chi connectivity index (χ4v) is 4.48. The summed E-state index contributed by atoms with van der Waals surface area (Å²) in [5, 5.41) is 3.97. The quantitative estimate of drug-likeness (QED) is 0.524. The van der Waals surface area contributed by atoms with E-state index in [1.165, 1.54) is 11.8 Å². The molecule has 0 fully saturated rings. The minimum atomic E-state index is -0.539. The number of carbonyl (C=O) groups is 1. The van der Waals surface area contributed by atoms with Crippen LogP contribution in [-0.4, -0.2) is 38.6 Å². The van der Waals surface area contributed by atoms with Gasteiger partial charge >= 0.3 is 5.97 Å². The molecule has 0 bridgehead atoms. The number of nitrogens with zero attached hydrogens (tertiary/aromatic N) is 1. The number of ether oxygens (including phenoxy) is 4. The average Bonchev–Trinajstić information content (AvgIpc) is 2.82. The van der Waals surface area contributed by atoms with E-state index >= 15 is 0 Å². The summed E-state index contributed by atoms with van der Waals surface area (Å²) in [6.07, 6.45) is 0. The first-order valence-corrected chi connectivity index (χ1v) is 11.8. The monoisotopic (exact) mass is 470 g/mol. The van der Waals surface area contributed by atoms with E-state index in [1.54, 1.807) is 21.1 Å². The van der Waals surface area contributed by atoms with Crippen molar-refractivity contribution >= 4 is 22.9 Å². The van der Waals surface area contributed by atoms with E-state index in [1.807, 2.05) is 56.3 Å². The van der Waals surface area contributed by atoms with Crippen molar-refractivity contribution in [1.82, 2.24) is 5.32 Å². The lowest BCUT2D eigenvalue weighted by Gasteiger charge is -2.27. The van der Waals surface area contributed by atoms with Crippen LogP contribution in [0, 0.1) is 0 Å². The van der Waals surface area contributed by atoms with Gasteiger partial charge in [0.15, 0.2) is 5.17 Å². The van der Waals surface area contributed by atoms with Gasteiger partial charge in [-0.3, -0.25) is 0 Å². The number of hydrogen-bond donors (Lipinski definition) is 1. The van der Waals surface area contributed by atoms with Gasteiger partial charge in [-0.1, -0.05) is 30.0 Å². The minimum absolute atomic E-state index is 0.288. The fourth-order valence-electron chi connectivity index (χ4n) is 3.55. The topological polar surface area (TPSA) is 78.4 Å². The molecule has 8 heteroatoms. The zero-order valence-corrected chi connectivity index (χ0v) is 20.5. The normalized spacial score (nSPS) is 15.4. The Hall–Kier alpha value is -3.13. The Balaban J connectivity index is 1.95. The van der Waals surface area contributed by atoms with Gasteiger partial charge in [-0.15, -0.1) is 0 Å². The maximum absolute atomic E-state index is 12.8. The van der Waals surface area contributed by atoms with Crippen molar-refractivity contribution < 1.29 is 23.7 Å². The van der Waals surface area contributed by atoms with E-state index in [9.17, 15) is 4.79 Å². The van der Waals surface area contributed by atoms with Gasteiger partial charge in [0.05, 0.1) is 33.0 Å². The van der Waals surface area contributed by atoms with Crippen molar-refractivity contribution in [2.75, 3.05) is 27.4 Å². The molecule has 0 amide bonds. The first kappa shape index (κ1) is 24.5. The van der Waals surface area contributed by atoms with Crippen LogP contribution >= 0.6 is 11.8 Å². The summed E-state index contributed by atoms with van der Waals surface area (Å²) >= 11 is 1.52. The molecule has 1 heterocycles. The second-order valence-electron chi connectivity index (χ2n) is 7.16. The number of amidine groups is 1. The second kappa shape index (κ2) is 11.7. The number of methoxy groups -OCH3 is 2. The standard InChI is InChI=1S/C25H30N2O5S/c1-6-31-21-11-9-8-10-19(21)23-22(24(28)32-7-2)16(3)26-25(27-23)33-15-17-14-18(29-4)12-13-20(17)30-5/h8-14,23H,6-7,15H2,1-5H3,(H,26,27)/t23-/m1/s1. The number of carbonyl (C=O) groups excluding carboxylic acids is 1. The first-order valence-electron chi connectivity index (χ1n) is 10.8. The average molecular weight is 471 g/mol. The van der Waals surface area contributed by atoms with Crippen molar-refractivity contribution in [1.29, 1.82) is 0 Å². The smallest absolute Gasteiger partial charge is 0.338 e. The highest BCUT2D eigenvalue weighted by atomic mass is 32.2. The van der Waals surface area contributed by atoms with E-state index in [2.05, 4.69) is 5.32 Å². The third-order valence-electron chi connectivity index (χ3n) is 5.08. The van der Waals surface area contributed by atoms with Crippen LogP contribution in [0.2, 0.25) is 0 Å². The molecule has 0 aliphatic carbocycles. The lowest BCUT2D eigenvalue weighted by molar-refractivity contribution is -0.138. The molecule has 1 aliphatic heterocycles. The van der Waals surface area contributed by atoms with Crippen LogP contribution in [0.1, 0.15) is 37.9 Å². The molecule has 3 rings (SSSR count). The Labute approximate surface area is 199 Å². The molecule has 1 aliphatic rings. The molecule has 0 saturated heterocycles. The summed E-state index contributed by atoms with van der Waals surface area (Å²) in [6.45, 7) is 6.39. The lowest BCUT2D eigenvalue weighted by atomic mass is 9.96. The van der Waals surface area contributed by atoms with Crippen molar-refractivity contribution in [2.45, 2.75) is 32.6 Å². The number of para-hydroxylation sites is 1. The van der Waals surface area contributed by atoms with Gasteiger partial charge in [0.25, 0.3) is 0 Å². The number of esters is 1. The van der Waals surface area contributed by atoms with Gasteiger partial charge in [0.2, 0.25) is 0 Å². The van der Waals surface area contributed by atoms with Crippen LogP contribution in [0.25, 0.3) is 0 Å². The van der Waals surface area contributed by atoms with Crippen LogP contribution in [0.15, 0.2) is 58.7 Å². The molecule has 0 spiro atoms. The van der Waals surface area contributed by atoms with E-state index in [0.29, 0.717) is 34.5 Å². The van der Waals surface area contributed by atoms with E-state index in [4.69, 9.17) is 23.9 Å². The van der Waals surface area contributed by atoms with Gasteiger partial charge in [0, 0.05) is 22.6 Å². The van der Waals surface area contributed by atoms with Crippen LogP contribution in [-0.2, 0) is 15.3 Å². The highest BCUT2D eigenvalue weighted by Crippen LogP contribution is 2.38. The molecule has 1 N–H and O–H groups in total. The minimum Gasteiger partial charge on any atom is -0.497 e. The van der Waals surface area contributed by atoms with E-state index in [-0.39, 0.29) is 12.6 Å². The Kier molecular flexibility index (Phi) is 8.65. The van der Waals surface area contributed by atoms with Gasteiger partial charge in [-0.05, 0) is 45.0 Å². The molecule has 0 unspecified atom stereocenters. The predicted molar refractivity (Wildman–Crippen MR) is 131 cm³/mol. The molecule has 0 radical (unpaired) electrons. The Morgan fingerprint density at radius 3 is 2.55 bits per heavy atom. The second-order valence-corrected chi connectivity index (χ2v) is 8.12. The van der Waals surface area contributed by atoms with Crippen molar-refractivity contribution in [3.8, 4) is 17.2 Å². The summed E-state index contributed by atoms with van der Waals surface area (Å²) < 4.78 is 22.0. The number of thioether (sulfide) groups is 1. The van der Waals surface area contributed by atoms with Crippen molar-refractivity contribution in [3.63, 3.8) is 0 Å². The van der Waals surface area contributed by atoms with Gasteiger partial charge in [-0.25, -0.2) is 9.79 Å². The Bertz CT molecular complexity index is 1050. The van der Waals surface area contributed by atoms with Gasteiger partial charge in [0.1, 0.15) is 23.3 Å². The molecule has 0 aromatic heterocycles. The Morgan fingerprint density at radius 2 is 1.85 bits per heavy atom. The molecular formula is C25H30N2O5S. The molecule has 1 atom stereocenters. The summed E-state index contributed by atoms with van der Waals surface area (Å²) in [5.41, 5.74) is 2.99. The highest BCUT2D eigenvalue weighted by Gasteiger charge is 2.32. The molecule has 2 aromatic carbocycles. The maximum atomic E-state index is 12.8. The molecule has 176 valence electrons. The van der Waals surface area contributed by atoms with Gasteiger partial charge in [-0.2, -0.15) is 0 Å². The highest BCUT2D eigenvalue weighted by molar-refractivity contribution is 8.13. The lowest BCUT2D eigenvalue weighted by Crippen LogP contribution is -2.30. The van der Waals surface area contributed by atoms with Crippen LogP contribution in [0.4, 0.5) is 0 Å². The molecule has 0 saturated carbocycles. The maximum Gasteiger partial charge on any atom is 0.338 e. The molecule has 7 nitrogen and oxygen atoms in total. The number of aliphatic imine (C=N–C) groups is 1. The summed E-state index contributed by atoms with van der Waals surface area (Å²) in [6, 6.07) is 12.8. The third kappa shape index (κ3) is 5.82. The van der Waals surface area contributed by atoms with E-state index in [0.717, 1.165) is 22.6 Å². The Morgan fingerprint density at radius 1 is 1.06 bits per heavy atom. The summed E-state index contributed by atoms with van der Waals surface area (Å²) in [5.74, 6) is 2.45. The van der Waals surface area contributed by atoms with Crippen molar-refractivity contribution in [3.05, 3.63) is 64.9 Å². The van der Waals surface area contributed by atoms with Crippen molar-refractivity contribution in [2.24, 2.45) is 4.99 Å². The number of rotatable bonds is 9. The van der Waals surface area contributed by atoms with Gasteiger partial charge < -0.3 is 24.3 Å². The van der Waals surface area contributed by atoms with Crippen LogP contribution < -0.4 is 19.5 Å². The van der Waals surface area contributed by atoms with Crippen LogP contribution in [0.5, 0.6) is 17.2 Å². The predicted octanol–water partition coefficient (Wildman–Crippen LogP) is 4.87. The van der Waals surface area contributed by atoms with Crippen LogP contribution in [0.3, 0.4) is 0 Å². The number of nitrogens with one attached hydrogen (secondary N) is 1.